The van der Waals surface area contributed by atoms with Crippen LogP contribution in [-0.4, -0.2) is 18.2 Å². The smallest absolute Gasteiger partial charge is 0.0535 e. The fourth-order valence-corrected chi connectivity index (χ4v) is 2.99. The lowest BCUT2D eigenvalue weighted by Crippen LogP contribution is -2.03. The molecule has 3 nitrogen and oxygen atoms in total. The van der Waals surface area contributed by atoms with Gasteiger partial charge in [0.25, 0.3) is 0 Å². The van der Waals surface area contributed by atoms with Crippen LogP contribution in [0.1, 0.15) is 23.5 Å². The Morgan fingerprint density at radius 1 is 1.15 bits per heavy atom. The molecule has 1 unspecified atom stereocenters. The average molecular weight is 286 g/mol. The van der Waals surface area contributed by atoms with Gasteiger partial charge in [0, 0.05) is 36.4 Å². The number of nitrogens with one attached hydrogen (secondary N) is 1. The Labute approximate surface area is 123 Å². The van der Waals surface area contributed by atoms with E-state index < -0.39 is 0 Å². The molecule has 2 heterocycles. The van der Waals surface area contributed by atoms with Gasteiger partial charge in [0.2, 0.25) is 0 Å². The zero-order chi connectivity index (χ0) is 13.6. The van der Waals surface area contributed by atoms with E-state index in [1.54, 1.807) is 11.9 Å². The maximum atomic E-state index is 5.43. The summed E-state index contributed by atoms with van der Waals surface area (Å²) >= 11 is 1.66. The molecule has 0 radical (unpaired) electrons. The van der Waals surface area contributed by atoms with Crippen molar-refractivity contribution in [3.63, 3.8) is 0 Å². The number of hydrogen-bond acceptors (Lipinski definition) is 4. The number of ether oxygens (including phenoxy) is 1. The van der Waals surface area contributed by atoms with Crippen molar-refractivity contribution in [2.75, 3.05) is 13.2 Å². The Bertz CT molecular complexity index is 524. The van der Waals surface area contributed by atoms with Gasteiger partial charge in [-0.05, 0) is 53.8 Å². The van der Waals surface area contributed by atoms with Gasteiger partial charge in [0.05, 0.1) is 6.61 Å². The molecule has 3 rings (SSSR count). The van der Waals surface area contributed by atoms with Crippen LogP contribution in [0.5, 0.6) is 0 Å². The maximum absolute atomic E-state index is 5.43. The summed E-state index contributed by atoms with van der Waals surface area (Å²) in [6.07, 6.45) is 4.78. The molecule has 2 aromatic rings. The Balaban J connectivity index is 1.50. The van der Waals surface area contributed by atoms with E-state index in [0.29, 0.717) is 5.92 Å². The lowest BCUT2D eigenvalue weighted by molar-refractivity contribution is 0.194. The molecule has 20 heavy (non-hydrogen) atoms. The Hall–Kier alpha value is -1.36. The van der Waals surface area contributed by atoms with E-state index >= 15 is 0 Å². The lowest BCUT2D eigenvalue weighted by atomic mass is 9.99. The van der Waals surface area contributed by atoms with Gasteiger partial charge in [-0.3, -0.25) is 9.71 Å². The summed E-state index contributed by atoms with van der Waals surface area (Å²) in [6.45, 7) is 2.60. The molecule has 0 amide bonds. The van der Waals surface area contributed by atoms with Crippen LogP contribution in [0.2, 0.25) is 0 Å². The van der Waals surface area contributed by atoms with Gasteiger partial charge < -0.3 is 4.74 Å². The molecule has 1 atom stereocenters. The zero-order valence-electron chi connectivity index (χ0n) is 11.3. The molecule has 1 saturated heterocycles. The highest BCUT2D eigenvalue weighted by molar-refractivity contribution is 7.97. The Morgan fingerprint density at radius 2 is 1.95 bits per heavy atom. The standard InChI is InChI=1S/C16H18N2OS/c1-3-16(4-2-14(1)15-7-10-19-12-15)20-18-11-13-5-8-17-9-6-13/h1-6,8-9,15,18H,7,10-12H2. The number of aromatic nitrogens is 1. The quantitative estimate of drug-likeness (QED) is 0.854. The molecule has 0 aliphatic carbocycles. The van der Waals surface area contributed by atoms with Gasteiger partial charge in [0.15, 0.2) is 0 Å². The minimum atomic E-state index is 0.582. The summed E-state index contributed by atoms with van der Waals surface area (Å²) in [5, 5.41) is 0. The van der Waals surface area contributed by atoms with Gasteiger partial charge in [-0.15, -0.1) is 0 Å². The molecular formula is C16H18N2OS. The number of benzene rings is 1. The lowest BCUT2D eigenvalue weighted by Gasteiger charge is -2.09. The van der Waals surface area contributed by atoms with Crippen LogP contribution in [-0.2, 0) is 11.3 Å². The van der Waals surface area contributed by atoms with Crippen molar-refractivity contribution in [1.29, 1.82) is 0 Å². The van der Waals surface area contributed by atoms with Crippen molar-refractivity contribution in [3.05, 3.63) is 59.9 Å². The van der Waals surface area contributed by atoms with Crippen LogP contribution >= 0.6 is 11.9 Å². The first-order valence-electron chi connectivity index (χ1n) is 6.88. The van der Waals surface area contributed by atoms with Crippen molar-refractivity contribution in [1.82, 2.24) is 9.71 Å². The van der Waals surface area contributed by atoms with Crippen molar-refractivity contribution in [2.24, 2.45) is 0 Å². The number of hydrogen-bond donors (Lipinski definition) is 1. The molecule has 0 bridgehead atoms. The van der Waals surface area contributed by atoms with Gasteiger partial charge in [-0.2, -0.15) is 0 Å². The molecular weight excluding hydrogens is 268 g/mol. The summed E-state index contributed by atoms with van der Waals surface area (Å²) in [4.78, 5) is 5.25. The summed E-state index contributed by atoms with van der Waals surface area (Å²) < 4.78 is 8.80. The van der Waals surface area contributed by atoms with E-state index in [1.165, 1.54) is 16.0 Å². The van der Waals surface area contributed by atoms with Gasteiger partial charge in [0.1, 0.15) is 0 Å². The number of nitrogens with zero attached hydrogens (tertiary/aromatic N) is 1. The van der Waals surface area contributed by atoms with Gasteiger partial charge >= 0.3 is 0 Å². The molecule has 4 heteroatoms. The molecule has 0 spiro atoms. The summed E-state index contributed by atoms with van der Waals surface area (Å²) in [5.41, 5.74) is 2.63. The first kappa shape index (κ1) is 13.6. The third-order valence-electron chi connectivity index (χ3n) is 3.50. The average Bonchev–Trinajstić information content (AvgIpc) is 3.03. The Kier molecular flexibility index (Phi) is 4.69. The topological polar surface area (TPSA) is 34.1 Å². The normalized spacial score (nSPS) is 18.3. The van der Waals surface area contributed by atoms with Crippen molar-refractivity contribution in [2.45, 2.75) is 23.8 Å². The second kappa shape index (κ2) is 6.88. The SMILES string of the molecule is c1cc(CNSc2ccc(C3CCOC3)cc2)ccn1. The van der Waals surface area contributed by atoms with Crippen LogP contribution in [0.4, 0.5) is 0 Å². The molecule has 1 fully saturated rings. The summed E-state index contributed by atoms with van der Waals surface area (Å²) in [6, 6.07) is 12.8. The molecule has 104 valence electrons. The molecule has 1 aliphatic heterocycles. The summed E-state index contributed by atoms with van der Waals surface area (Å²) in [7, 11) is 0. The largest absolute Gasteiger partial charge is 0.381 e. The first-order valence-corrected chi connectivity index (χ1v) is 7.70. The van der Waals surface area contributed by atoms with Crippen molar-refractivity contribution < 1.29 is 4.74 Å². The van der Waals surface area contributed by atoms with E-state index in [1.807, 2.05) is 24.5 Å². The predicted octanol–water partition coefficient (Wildman–Crippen LogP) is 3.38. The third kappa shape index (κ3) is 3.60. The minimum Gasteiger partial charge on any atom is -0.381 e. The summed E-state index contributed by atoms with van der Waals surface area (Å²) in [5.74, 6) is 0.582. The van der Waals surface area contributed by atoms with E-state index in [2.05, 4.69) is 34.0 Å². The van der Waals surface area contributed by atoms with Crippen LogP contribution in [0.3, 0.4) is 0 Å². The minimum absolute atomic E-state index is 0.582. The highest BCUT2D eigenvalue weighted by Crippen LogP contribution is 2.26. The van der Waals surface area contributed by atoms with Crippen LogP contribution in [0.25, 0.3) is 0 Å². The van der Waals surface area contributed by atoms with Gasteiger partial charge in [-0.25, -0.2) is 0 Å². The second-order valence-corrected chi connectivity index (χ2v) is 5.87. The van der Waals surface area contributed by atoms with E-state index in [4.69, 9.17) is 4.74 Å². The van der Waals surface area contributed by atoms with Crippen LogP contribution < -0.4 is 4.72 Å². The van der Waals surface area contributed by atoms with Crippen LogP contribution in [0.15, 0.2) is 53.7 Å². The van der Waals surface area contributed by atoms with E-state index in [9.17, 15) is 0 Å². The van der Waals surface area contributed by atoms with Crippen molar-refractivity contribution >= 4 is 11.9 Å². The van der Waals surface area contributed by atoms with Crippen molar-refractivity contribution in [3.8, 4) is 0 Å². The molecule has 1 aromatic carbocycles. The monoisotopic (exact) mass is 286 g/mol. The molecule has 1 aliphatic rings. The first-order chi connectivity index (χ1) is 9.92. The second-order valence-electron chi connectivity index (χ2n) is 4.91. The maximum Gasteiger partial charge on any atom is 0.0535 e. The third-order valence-corrected chi connectivity index (χ3v) is 4.29. The fourth-order valence-electron chi connectivity index (χ4n) is 2.31. The van der Waals surface area contributed by atoms with Crippen LogP contribution in [0, 0.1) is 0 Å². The zero-order valence-corrected chi connectivity index (χ0v) is 12.1. The van der Waals surface area contributed by atoms with Gasteiger partial charge in [-0.1, -0.05) is 12.1 Å². The number of pyridine rings is 1. The number of rotatable bonds is 5. The highest BCUT2D eigenvalue weighted by atomic mass is 32.2. The molecule has 1 aromatic heterocycles. The molecule has 1 N–H and O–H groups in total. The fraction of sp³-hybridized carbons (Fsp3) is 0.312. The Morgan fingerprint density at radius 3 is 2.65 bits per heavy atom. The highest BCUT2D eigenvalue weighted by Gasteiger charge is 2.17. The van der Waals surface area contributed by atoms with E-state index in [0.717, 1.165) is 26.2 Å². The molecule has 0 saturated carbocycles. The van der Waals surface area contributed by atoms with E-state index in [-0.39, 0.29) is 0 Å². The predicted molar refractivity (Wildman–Crippen MR) is 81.6 cm³/mol.